The van der Waals surface area contributed by atoms with Crippen molar-refractivity contribution in [2.75, 3.05) is 45.3 Å². The molecule has 1 aromatic carbocycles. The van der Waals surface area contributed by atoms with Crippen molar-refractivity contribution in [3.63, 3.8) is 0 Å². The molecule has 1 aliphatic heterocycles. The normalized spacial score (nSPS) is 14.0. The Hall–Kier alpha value is -2.84. The summed E-state index contributed by atoms with van der Waals surface area (Å²) >= 11 is 7.44. The maximum Gasteiger partial charge on any atom is 0.273 e. The summed E-state index contributed by atoms with van der Waals surface area (Å²) in [5, 5.41) is 0.885. The molecular weight excluding hydrogens is 424 g/mol. The Balaban J connectivity index is 1.55. The van der Waals surface area contributed by atoms with E-state index in [1.807, 2.05) is 35.2 Å². The van der Waals surface area contributed by atoms with E-state index in [0.717, 1.165) is 16.3 Å². The van der Waals surface area contributed by atoms with Crippen molar-refractivity contribution in [3.05, 3.63) is 52.8 Å². The molecule has 0 saturated carbocycles. The van der Waals surface area contributed by atoms with Gasteiger partial charge < -0.3 is 19.3 Å². The highest BCUT2D eigenvalue weighted by Crippen LogP contribution is 2.34. The molecule has 3 heterocycles. The van der Waals surface area contributed by atoms with Crippen LogP contribution in [0.2, 0.25) is 4.34 Å². The molecule has 2 aromatic heterocycles. The second kappa shape index (κ2) is 8.89. The minimum atomic E-state index is -0.0859. The Morgan fingerprint density at radius 3 is 2.50 bits per heavy atom. The Kier molecular flexibility index (Phi) is 6.06. The van der Waals surface area contributed by atoms with E-state index in [1.54, 1.807) is 26.6 Å². The smallest absolute Gasteiger partial charge is 0.273 e. The number of ether oxygens (including phenoxy) is 2. The first-order valence-electron chi connectivity index (χ1n) is 9.43. The average molecular weight is 445 g/mol. The molecule has 1 fully saturated rings. The van der Waals surface area contributed by atoms with Crippen LogP contribution in [0.25, 0.3) is 11.1 Å². The van der Waals surface area contributed by atoms with Crippen LogP contribution in [0, 0.1) is 0 Å². The van der Waals surface area contributed by atoms with Crippen LogP contribution in [-0.2, 0) is 0 Å². The van der Waals surface area contributed by atoms with Gasteiger partial charge in [0.2, 0.25) is 0 Å². The monoisotopic (exact) mass is 444 g/mol. The van der Waals surface area contributed by atoms with Gasteiger partial charge in [-0.05, 0) is 23.8 Å². The summed E-state index contributed by atoms with van der Waals surface area (Å²) in [6.07, 6.45) is 3.30. The lowest BCUT2D eigenvalue weighted by molar-refractivity contribution is 0.0741. The Labute approximate surface area is 183 Å². The summed E-state index contributed by atoms with van der Waals surface area (Å²) in [5.41, 5.74) is 2.04. The van der Waals surface area contributed by atoms with E-state index in [9.17, 15) is 4.79 Å². The summed E-state index contributed by atoms with van der Waals surface area (Å²) in [5.74, 6) is 1.15. The van der Waals surface area contributed by atoms with E-state index in [1.165, 1.54) is 11.3 Å². The summed E-state index contributed by atoms with van der Waals surface area (Å²) in [6, 6.07) is 9.31. The molecule has 1 amide bonds. The van der Waals surface area contributed by atoms with E-state index in [2.05, 4.69) is 14.9 Å². The predicted octanol–water partition coefficient (Wildman–Crippen LogP) is 3.84. The number of thiazole rings is 1. The number of pyridine rings is 1. The molecule has 0 radical (unpaired) electrons. The molecule has 7 nitrogen and oxygen atoms in total. The summed E-state index contributed by atoms with van der Waals surface area (Å²) in [6.45, 7) is 2.60. The highest BCUT2D eigenvalue weighted by molar-refractivity contribution is 7.19. The highest BCUT2D eigenvalue weighted by atomic mass is 35.5. The van der Waals surface area contributed by atoms with Crippen LogP contribution >= 0.6 is 22.9 Å². The zero-order chi connectivity index (χ0) is 21.1. The third-order valence-corrected chi connectivity index (χ3v) is 6.18. The van der Waals surface area contributed by atoms with Crippen molar-refractivity contribution in [2.45, 2.75) is 0 Å². The highest BCUT2D eigenvalue weighted by Gasteiger charge is 2.26. The van der Waals surface area contributed by atoms with Gasteiger partial charge in [-0.15, -0.1) is 0 Å². The molecular formula is C21H21ClN4O3S. The Morgan fingerprint density at radius 2 is 1.83 bits per heavy atom. The fraction of sp³-hybridized carbons (Fsp3) is 0.286. The number of methoxy groups -OCH3 is 2. The minimum absolute atomic E-state index is 0.0859. The third kappa shape index (κ3) is 4.06. The molecule has 30 heavy (non-hydrogen) atoms. The maximum atomic E-state index is 13.3. The molecule has 0 atom stereocenters. The molecule has 156 valence electrons. The number of hydrogen-bond donors (Lipinski definition) is 0. The van der Waals surface area contributed by atoms with E-state index < -0.39 is 0 Å². The number of nitrogens with zero attached hydrogens (tertiary/aromatic N) is 4. The number of rotatable bonds is 5. The molecule has 0 bridgehead atoms. The molecule has 0 unspecified atom stereocenters. The zero-order valence-electron chi connectivity index (χ0n) is 16.7. The van der Waals surface area contributed by atoms with Crippen molar-refractivity contribution in [1.82, 2.24) is 14.9 Å². The van der Waals surface area contributed by atoms with Crippen LogP contribution in [0.3, 0.4) is 0 Å². The van der Waals surface area contributed by atoms with Gasteiger partial charge in [-0.2, -0.15) is 0 Å². The molecule has 4 rings (SSSR count). The number of carbonyl (C=O) groups is 1. The largest absolute Gasteiger partial charge is 0.493 e. The van der Waals surface area contributed by atoms with Crippen molar-refractivity contribution in [3.8, 4) is 22.6 Å². The second-order valence-corrected chi connectivity index (χ2v) is 8.34. The number of halogens is 1. The number of piperazine rings is 1. The van der Waals surface area contributed by atoms with Gasteiger partial charge >= 0.3 is 0 Å². The second-order valence-electron chi connectivity index (χ2n) is 6.70. The van der Waals surface area contributed by atoms with Crippen molar-refractivity contribution >= 4 is 34.0 Å². The van der Waals surface area contributed by atoms with E-state index in [0.29, 0.717) is 47.7 Å². The fourth-order valence-electron chi connectivity index (χ4n) is 3.46. The quantitative estimate of drug-likeness (QED) is 0.595. The average Bonchev–Trinajstić information content (AvgIpc) is 3.24. The number of carbonyl (C=O) groups excluding carboxylic acids is 1. The van der Waals surface area contributed by atoms with E-state index >= 15 is 0 Å². The van der Waals surface area contributed by atoms with Crippen LogP contribution in [0.5, 0.6) is 11.5 Å². The third-order valence-electron chi connectivity index (χ3n) is 5.01. The molecule has 3 aromatic rings. The van der Waals surface area contributed by atoms with Crippen molar-refractivity contribution < 1.29 is 14.3 Å². The van der Waals surface area contributed by atoms with Gasteiger partial charge in [0.15, 0.2) is 16.6 Å². The molecule has 1 saturated heterocycles. The topological polar surface area (TPSA) is 67.8 Å². The molecule has 0 spiro atoms. The van der Waals surface area contributed by atoms with Crippen LogP contribution in [0.4, 0.5) is 5.13 Å². The first-order chi connectivity index (χ1) is 14.6. The first kappa shape index (κ1) is 20.4. The zero-order valence-corrected chi connectivity index (χ0v) is 18.2. The maximum absolute atomic E-state index is 13.3. The number of hydrogen-bond acceptors (Lipinski definition) is 7. The summed E-state index contributed by atoms with van der Waals surface area (Å²) in [4.78, 5) is 26.0. The summed E-state index contributed by atoms with van der Waals surface area (Å²) < 4.78 is 11.4. The van der Waals surface area contributed by atoms with Crippen LogP contribution in [0.15, 0.2) is 42.7 Å². The standard InChI is InChI=1S/C21H21ClN4O3S/c1-28-16-6-5-14(12-17(16)29-2)15-4-3-7-23-19(15)20(27)25-8-10-26(11-9-25)21-24-13-18(22)30-21/h3-7,12-13H,8-11H2,1-2H3. The van der Waals surface area contributed by atoms with Gasteiger partial charge in [0.05, 0.1) is 20.4 Å². The minimum Gasteiger partial charge on any atom is -0.493 e. The lowest BCUT2D eigenvalue weighted by Crippen LogP contribution is -2.49. The molecule has 0 aliphatic carbocycles. The van der Waals surface area contributed by atoms with Gasteiger partial charge in [-0.3, -0.25) is 9.78 Å². The van der Waals surface area contributed by atoms with Gasteiger partial charge in [0.25, 0.3) is 5.91 Å². The van der Waals surface area contributed by atoms with Gasteiger partial charge in [0.1, 0.15) is 10.0 Å². The number of amides is 1. The Morgan fingerprint density at radius 1 is 1.07 bits per heavy atom. The molecule has 0 N–H and O–H groups in total. The first-order valence-corrected chi connectivity index (χ1v) is 10.6. The van der Waals surface area contributed by atoms with Crippen LogP contribution < -0.4 is 14.4 Å². The SMILES string of the molecule is COc1ccc(-c2cccnc2C(=O)N2CCN(c3ncc(Cl)s3)CC2)cc1OC. The Bertz CT molecular complexity index is 1050. The van der Waals surface area contributed by atoms with Gasteiger partial charge in [-0.25, -0.2) is 4.98 Å². The van der Waals surface area contributed by atoms with E-state index in [-0.39, 0.29) is 5.91 Å². The number of aromatic nitrogens is 2. The van der Waals surface area contributed by atoms with Crippen LogP contribution in [0.1, 0.15) is 10.5 Å². The van der Waals surface area contributed by atoms with Gasteiger partial charge in [0, 0.05) is 37.9 Å². The summed E-state index contributed by atoms with van der Waals surface area (Å²) in [7, 11) is 3.18. The fourth-order valence-corrected chi connectivity index (χ4v) is 4.41. The molecule has 1 aliphatic rings. The van der Waals surface area contributed by atoms with Crippen molar-refractivity contribution in [1.29, 1.82) is 0 Å². The number of benzene rings is 1. The predicted molar refractivity (Wildman–Crippen MR) is 118 cm³/mol. The number of anilines is 1. The van der Waals surface area contributed by atoms with E-state index in [4.69, 9.17) is 21.1 Å². The lowest BCUT2D eigenvalue weighted by Gasteiger charge is -2.34. The lowest BCUT2D eigenvalue weighted by atomic mass is 10.0. The van der Waals surface area contributed by atoms with Crippen LogP contribution in [-0.4, -0.2) is 61.2 Å². The molecule has 9 heteroatoms. The van der Waals surface area contributed by atoms with Gasteiger partial charge in [-0.1, -0.05) is 35.1 Å². The van der Waals surface area contributed by atoms with Crippen molar-refractivity contribution in [2.24, 2.45) is 0 Å².